The van der Waals surface area contributed by atoms with Gasteiger partial charge < -0.3 is 5.11 Å². The molecule has 0 spiro atoms. The fourth-order valence-corrected chi connectivity index (χ4v) is 9.36. The van der Waals surface area contributed by atoms with E-state index in [4.69, 9.17) is 0 Å². The summed E-state index contributed by atoms with van der Waals surface area (Å²) in [6.07, 6.45) is 19.2. The van der Waals surface area contributed by atoms with E-state index in [1.54, 1.807) is 0 Å². The van der Waals surface area contributed by atoms with Gasteiger partial charge in [-0.05, 0) is 85.9 Å². The standard InChI is InChI=1S/C27H44O2/c1-26-14-12-19(9-8-18-6-4-3-5-7-18)16-23(26)24(28)17-20-21-10-11-25(29)27(21,2)15-13-22(20)26/h18-24,28H,3-17H2,1-2H3/t19-,20?,21?,22?,23?,24?,26+,27-/m0/s1. The quantitative estimate of drug-likeness (QED) is 0.583. The number of carbonyl (C=O) groups excluding carboxylic acids is 1. The third kappa shape index (κ3) is 3.35. The van der Waals surface area contributed by atoms with Crippen molar-refractivity contribution in [1.82, 2.24) is 0 Å². The molecule has 5 fully saturated rings. The summed E-state index contributed by atoms with van der Waals surface area (Å²) >= 11 is 0. The fraction of sp³-hybridized carbons (Fsp3) is 0.963. The van der Waals surface area contributed by atoms with Crippen LogP contribution in [0.5, 0.6) is 0 Å². The molecule has 5 aliphatic rings. The molecular weight excluding hydrogens is 356 g/mol. The molecule has 164 valence electrons. The minimum Gasteiger partial charge on any atom is -0.393 e. The SMILES string of the molecule is C[C@]12CC[C@H](CCC3CCCCC3)CC1C(O)CC1C2CC[C@]2(C)C(=O)CCC12. The molecule has 0 bridgehead atoms. The van der Waals surface area contributed by atoms with Crippen LogP contribution in [-0.4, -0.2) is 17.0 Å². The molecule has 5 rings (SSSR count). The van der Waals surface area contributed by atoms with Gasteiger partial charge in [-0.15, -0.1) is 0 Å². The van der Waals surface area contributed by atoms with E-state index in [0.717, 1.165) is 43.4 Å². The van der Waals surface area contributed by atoms with Crippen molar-refractivity contribution < 1.29 is 9.90 Å². The Hall–Kier alpha value is -0.370. The number of fused-ring (bicyclic) bond motifs is 5. The van der Waals surface area contributed by atoms with Crippen LogP contribution in [0, 0.1) is 46.3 Å². The van der Waals surface area contributed by atoms with Gasteiger partial charge in [0.2, 0.25) is 0 Å². The minimum atomic E-state index is -0.128. The van der Waals surface area contributed by atoms with E-state index in [2.05, 4.69) is 13.8 Å². The van der Waals surface area contributed by atoms with E-state index in [1.165, 1.54) is 70.6 Å². The molecule has 0 saturated heterocycles. The zero-order valence-corrected chi connectivity index (χ0v) is 19.0. The van der Waals surface area contributed by atoms with Crippen molar-refractivity contribution in [3.8, 4) is 0 Å². The van der Waals surface area contributed by atoms with Gasteiger partial charge in [-0.2, -0.15) is 0 Å². The largest absolute Gasteiger partial charge is 0.393 e. The lowest BCUT2D eigenvalue weighted by atomic mass is 9.44. The number of aliphatic hydroxyl groups excluding tert-OH is 1. The average molecular weight is 401 g/mol. The van der Waals surface area contributed by atoms with Gasteiger partial charge >= 0.3 is 0 Å². The Balaban J connectivity index is 1.27. The number of rotatable bonds is 3. The van der Waals surface area contributed by atoms with Crippen molar-refractivity contribution >= 4 is 5.78 Å². The lowest BCUT2D eigenvalue weighted by Crippen LogP contribution is -2.57. The number of hydrogen-bond acceptors (Lipinski definition) is 2. The Morgan fingerprint density at radius 2 is 1.59 bits per heavy atom. The molecule has 2 heteroatoms. The molecule has 0 aromatic rings. The normalized spacial score (nSPS) is 50.7. The Kier molecular flexibility index (Phi) is 5.41. The lowest BCUT2D eigenvalue weighted by Gasteiger charge is -2.61. The average Bonchev–Trinajstić information content (AvgIpc) is 3.03. The Bertz CT molecular complexity index is 622. The van der Waals surface area contributed by atoms with Gasteiger partial charge in [0.25, 0.3) is 0 Å². The first-order valence-corrected chi connectivity index (χ1v) is 13.1. The molecule has 0 aliphatic heterocycles. The maximum atomic E-state index is 12.6. The minimum absolute atomic E-state index is 0.0682. The van der Waals surface area contributed by atoms with E-state index < -0.39 is 0 Å². The van der Waals surface area contributed by atoms with Crippen LogP contribution >= 0.6 is 0 Å². The Morgan fingerprint density at radius 3 is 2.38 bits per heavy atom. The van der Waals surface area contributed by atoms with Crippen LogP contribution in [0.15, 0.2) is 0 Å². The molecule has 29 heavy (non-hydrogen) atoms. The summed E-state index contributed by atoms with van der Waals surface area (Å²) in [6.45, 7) is 4.79. The highest BCUT2D eigenvalue weighted by Crippen LogP contribution is 2.66. The molecule has 1 N–H and O–H groups in total. The number of hydrogen-bond donors (Lipinski definition) is 1. The molecule has 0 radical (unpaired) electrons. The van der Waals surface area contributed by atoms with E-state index >= 15 is 0 Å². The maximum absolute atomic E-state index is 12.6. The lowest BCUT2D eigenvalue weighted by molar-refractivity contribution is -0.165. The van der Waals surface area contributed by atoms with Gasteiger partial charge in [0, 0.05) is 11.8 Å². The predicted octanol–water partition coefficient (Wildman–Crippen LogP) is 6.55. The van der Waals surface area contributed by atoms with Crippen LogP contribution in [0.1, 0.15) is 110 Å². The van der Waals surface area contributed by atoms with Gasteiger partial charge in [0.15, 0.2) is 0 Å². The Labute approximate surface area is 178 Å². The molecule has 2 nitrogen and oxygen atoms in total. The van der Waals surface area contributed by atoms with Crippen molar-refractivity contribution in [3.63, 3.8) is 0 Å². The van der Waals surface area contributed by atoms with Gasteiger partial charge in [-0.1, -0.05) is 58.8 Å². The molecule has 5 unspecified atom stereocenters. The van der Waals surface area contributed by atoms with Crippen LogP contribution < -0.4 is 0 Å². The van der Waals surface area contributed by atoms with Crippen LogP contribution in [0.2, 0.25) is 0 Å². The highest BCUT2D eigenvalue weighted by molar-refractivity contribution is 5.87. The molecule has 5 saturated carbocycles. The highest BCUT2D eigenvalue weighted by Gasteiger charge is 2.62. The van der Waals surface area contributed by atoms with E-state index in [0.29, 0.717) is 29.0 Å². The first-order valence-electron chi connectivity index (χ1n) is 13.1. The summed E-state index contributed by atoms with van der Waals surface area (Å²) in [5.74, 6) is 4.76. The number of Topliss-reactive ketones (excluding diaryl/α,β-unsaturated/α-hetero) is 1. The van der Waals surface area contributed by atoms with Crippen molar-refractivity contribution in [2.75, 3.05) is 0 Å². The molecule has 0 heterocycles. The van der Waals surface area contributed by atoms with Crippen LogP contribution in [0.3, 0.4) is 0 Å². The van der Waals surface area contributed by atoms with Gasteiger partial charge in [0.05, 0.1) is 6.10 Å². The maximum Gasteiger partial charge on any atom is 0.139 e. The summed E-state index contributed by atoms with van der Waals surface area (Å²) in [4.78, 5) is 12.6. The zero-order chi connectivity index (χ0) is 20.2. The van der Waals surface area contributed by atoms with Gasteiger partial charge in [-0.3, -0.25) is 4.79 Å². The van der Waals surface area contributed by atoms with Crippen LogP contribution in [0.4, 0.5) is 0 Å². The third-order valence-electron chi connectivity index (χ3n) is 11.2. The monoisotopic (exact) mass is 400 g/mol. The van der Waals surface area contributed by atoms with Crippen LogP contribution in [-0.2, 0) is 4.79 Å². The summed E-state index contributed by atoms with van der Waals surface area (Å²) in [5.41, 5.74) is 0.248. The van der Waals surface area contributed by atoms with E-state index in [9.17, 15) is 9.90 Å². The molecule has 5 aliphatic carbocycles. The predicted molar refractivity (Wildman–Crippen MR) is 117 cm³/mol. The van der Waals surface area contributed by atoms with E-state index in [1.807, 2.05) is 0 Å². The van der Waals surface area contributed by atoms with Gasteiger partial charge in [-0.25, -0.2) is 0 Å². The smallest absolute Gasteiger partial charge is 0.139 e. The first kappa shape index (κ1) is 20.5. The molecule has 0 aromatic carbocycles. The zero-order valence-electron chi connectivity index (χ0n) is 19.0. The van der Waals surface area contributed by atoms with Gasteiger partial charge in [0.1, 0.15) is 5.78 Å². The number of ketones is 1. The topological polar surface area (TPSA) is 37.3 Å². The third-order valence-corrected chi connectivity index (χ3v) is 11.2. The first-order chi connectivity index (χ1) is 13.9. The number of carbonyl (C=O) groups is 1. The van der Waals surface area contributed by atoms with E-state index in [-0.39, 0.29) is 11.5 Å². The van der Waals surface area contributed by atoms with Crippen molar-refractivity contribution in [3.05, 3.63) is 0 Å². The summed E-state index contributed by atoms with van der Waals surface area (Å²) in [7, 11) is 0. The van der Waals surface area contributed by atoms with Crippen molar-refractivity contribution in [1.29, 1.82) is 0 Å². The Morgan fingerprint density at radius 1 is 0.828 bits per heavy atom. The second-order valence-electron chi connectivity index (χ2n) is 12.4. The fourth-order valence-electron chi connectivity index (χ4n) is 9.36. The molecule has 8 atom stereocenters. The summed E-state index contributed by atoms with van der Waals surface area (Å²) < 4.78 is 0. The second-order valence-corrected chi connectivity index (χ2v) is 12.4. The highest BCUT2D eigenvalue weighted by atomic mass is 16.3. The molecule has 0 amide bonds. The van der Waals surface area contributed by atoms with Crippen molar-refractivity contribution in [2.45, 2.75) is 116 Å². The molecular formula is C27H44O2. The van der Waals surface area contributed by atoms with Crippen LogP contribution in [0.25, 0.3) is 0 Å². The van der Waals surface area contributed by atoms with Crippen molar-refractivity contribution in [2.24, 2.45) is 46.3 Å². The summed E-state index contributed by atoms with van der Waals surface area (Å²) in [5, 5.41) is 11.3. The number of aliphatic hydroxyl groups is 1. The molecule has 0 aromatic heterocycles. The summed E-state index contributed by atoms with van der Waals surface area (Å²) in [6, 6.07) is 0. The second kappa shape index (κ2) is 7.64.